The van der Waals surface area contributed by atoms with Crippen LogP contribution in [0.5, 0.6) is 0 Å². The molecule has 0 fully saturated rings. The molecule has 1 rings (SSSR count). The molecule has 0 aromatic heterocycles. The normalized spacial score (nSPS) is 11.4. The van der Waals surface area contributed by atoms with E-state index in [2.05, 4.69) is 22.8 Å². The molecular weight excluding hydrogens is 230 g/mol. The van der Waals surface area contributed by atoms with Gasteiger partial charge >= 0.3 is 0 Å². The van der Waals surface area contributed by atoms with Gasteiger partial charge in [0, 0.05) is 6.04 Å². The molecule has 0 saturated heterocycles. The largest absolute Gasteiger partial charge is 0.359 e. The lowest BCUT2D eigenvalue weighted by molar-refractivity contribution is 0.719. The quantitative estimate of drug-likeness (QED) is 0.489. The Morgan fingerprint density at radius 2 is 1.94 bits per heavy atom. The first kappa shape index (κ1) is 13.6. The van der Waals surface area contributed by atoms with Crippen LogP contribution in [0, 0.1) is 0 Å². The van der Waals surface area contributed by atoms with E-state index in [1.165, 1.54) is 0 Å². The summed E-state index contributed by atoms with van der Waals surface area (Å²) in [7, 11) is 0. The molecule has 0 saturated carbocycles. The first-order valence-corrected chi connectivity index (χ1v) is 6.22. The fourth-order valence-corrected chi connectivity index (χ4v) is 1.67. The Hall–Kier alpha value is -1.42. The molecule has 0 unspecified atom stereocenters. The van der Waals surface area contributed by atoms with Crippen LogP contribution in [-0.2, 0) is 0 Å². The van der Waals surface area contributed by atoms with Gasteiger partial charge < -0.3 is 5.32 Å². The van der Waals surface area contributed by atoms with Gasteiger partial charge in [0.1, 0.15) is 0 Å². The van der Waals surface area contributed by atoms with Gasteiger partial charge in [-0.1, -0.05) is 37.3 Å². The maximum atomic E-state index is 5.12. The van der Waals surface area contributed by atoms with Gasteiger partial charge in [-0.15, -0.1) is 0 Å². The van der Waals surface area contributed by atoms with Crippen LogP contribution >= 0.6 is 12.2 Å². The van der Waals surface area contributed by atoms with Crippen molar-refractivity contribution < 1.29 is 0 Å². The van der Waals surface area contributed by atoms with Gasteiger partial charge in [-0.05, 0) is 38.0 Å². The summed E-state index contributed by atoms with van der Waals surface area (Å²) in [6.45, 7) is 6.15. The van der Waals surface area contributed by atoms with Crippen LogP contribution in [0.2, 0.25) is 0 Å². The highest BCUT2D eigenvalue weighted by molar-refractivity contribution is 7.80. The first-order valence-electron chi connectivity index (χ1n) is 5.82. The maximum Gasteiger partial charge on any atom is 0.187 e. The Labute approximate surface area is 108 Å². The Morgan fingerprint density at radius 3 is 2.47 bits per heavy atom. The van der Waals surface area contributed by atoms with E-state index < -0.39 is 0 Å². The van der Waals surface area contributed by atoms with Crippen molar-refractivity contribution in [3.8, 4) is 0 Å². The second-order valence-corrected chi connectivity index (χ2v) is 4.43. The van der Waals surface area contributed by atoms with E-state index in [-0.39, 0.29) is 0 Å². The van der Waals surface area contributed by atoms with Crippen molar-refractivity contribution in [3.05, 3.63) is 35.9 Å². The molecule has 17 heavy (non-hydrogen) atoms. The summed E-state index contributed by atoms with van der Waals surface area (Å²) in [6, 6.07) is 10.4. The van der Waals surface area contributed by atoms with Gasteiger partial charge in [0.25, 0.3) is 0 Å². The zero-order valence-corrected chi connectivity index (χ0v) is 11.3. The van der Waals surface area contributed by atoms with E-state index in [1.807, 2.05) is 44.2 Å². The standard InChI is InChI=1S/C13H19N3S/c1-4-12(11-8-6-5-7-9-11)15-16-13(17)14-10(2)3/h5-10H,4H2,1-3H3,(H2,14,16,17)/b15-12-. The maximum absolute atomic E-state index is 5.12. The second kappa shape index (κ2) is 7.01. The molecular formula is C13H19N3S. The number of benzene rings is 1. The Bertz CT molecular complexity index is 385. The molecule has 0 bridgehead atoms. The summed E-state index contributed by atoms with van der Waals surface area (Å²) in [5.74, 6) is 0. The predicted octanol–water partition coefficient (Wildman–Crippen LogP) is 2.67. The van der Waals surface area contributed by atoms with Crippen LogP contribution in [-0.4, -0.2) is 16.9 Å². The van der Waals surface area contributed by atoms with Crippen LogP contribution in [0.15, 0.2) is 35.4 Å². The summed E-state index contributed by atoms with van der Waals surface area (Å²) in [4.78, 5) is 0. The third-order valence-corrected chi connectivity index (χ3v) is 2.36. The highest BCUT2D eigenvalue weighted by Crippen LogP contribution is 2.03. The number of hydrogen-bond acceptors (Lipinski definition) is 2. The first-order chi connectivity index (χ1) is 8.13. The molecule has 92 valence electrons. The molecule has 0 aliphatic heterocycles. The van der Waals surface area contributed by atoms with Crippen molar-refractivity contribution >= 4 is 23.0 Å². The molecule has 0 aliphatic carbocycles. The summed E-state index contributed by atoms with van der Waals surface area (Å²) >= 11 is 5.12. The van der Waals surface area contributed by atoms with Gasteiger partial charge in [0.05, 0.1) is 5.71 Å². The molecule has 4 heteroatoms. The Kier molecular flexibility index (Phi) is 5.63. The van der Waals surface area contributed by atoms with E-state index in [1.54, 1.807) is 0 Å². The fourth-order valence-electron chi connectivity index (χ4n) is 1.39. The predicted molar refractivity (Wildman–Crippen MR) is 77.3 cm³/mol. The van der Waals surface area contributed by atoms with Gasteiger partial charge in [-0.3, -0.25) is 5.43 Å². The van der Waals surface area contributed by atoms with Crippen molar-refractivity contribution in [1.29, 1.82) is 0 Å². The number of nitrogens with zero attached hydrogens (tertiary/aromatic N) is 1. The molecule has 2 N–H and O–H groups in total. The van der Waals surface area contributed by atoms with Gasteiger partial charge in [-0.25, -0.2) is 0 Å². The van der Waals surface area contributed by atoms with E-state index in [9.17, 15) is 0 Å². The van der Waals surface area contributed by atoms with Crippen molar-refractivity contribution in [2.75, 3.05) is 0 Å². The van der Waals surface area contributed by atoms with Crippen LogP contribution in [0.4, 0.5) is 0 Å². The summed E-state index contributed by atoms with van der Waals surface area (Å²) in [6.07, 6.45) is 0.862. The third kappa shape index (κ3) is 4.95. The fraction of sp³-hybridized carbons (Fsp3) is 0.385. The second-order valence-electron chi connectivity index (χ2n) is 4.02. The minimum Gasteiger partial charge on any atom is -0.359 e. The third-order valence-electron chi connectivity index (χ3n) is 2.15. The average molecular weight is 249 g/mol. The zero-order valence-electron chi connectivity index (χ0n) is 10.5. The van der Waals surface area contributed by atoms with Crippen LogP contribution in [0.1, 0.15) is 32.8 Å². The smallest absolute Gasteiger partial charge is 0.187 e. The lowest BCUT2D eigenvalue weighted by Gasteiger charge is -2.11. The molecule has 0 amide bonds. The highest BCUT2D eigenvalue weighted by atomic mass is 32.1. The number of nitrogens with one attached hydrogen (secondary N) is 2. The topological polar surface area (TPSA) is 36.4 Å². The molecule has 0 aliphatic rings. The SMILES string of the molecule is CC/C(=N/NC(=S)NC(C)C)c1ccccc1. The van der Waals surface area contributed by atoms with Gasteiger partial charge in [0.2, 0.25) is 0 Å². The average Bonchev–Trinajstić information content (AvgIpc) is 2.30. The van der Waals surface area contributed by atoms with Crippen LogP contribution < -0.4 is 10.7 Å². The number of hydrogen-bond donors (Lipinski definition) is 2. The highest BCUT2D eigenvalue weighted by Gasteiger charge is 2.01. The van der Waals surface area contributed by atoms with Crippen molar-refractivity contribution in [3.63, 3.8) is 0 Å². The van der Waals surface area contributed by atoms with E-state index in [0.717, 1.165) is 17.7 Å². The molecule has 0 heterocycles. The number of rotatable bonds is 4. The summed E-state index contributed by atoms with van der Waals surface area (Å²) < 4.78 is 0. The molecule has 1 aromatic carbocycles. The monoisotopic (exact) mass is 249 g/mol. The number of thiocarbonyl (C=S) groups is 1. The van der Waals surface area contributed by atoms with Gasteiger partial charge in [-0.2, -0.15) is 5.10 Å². The van der Waals surface area contributed by atoms with Crippen molar-refractivity contribution in [2.24, 2.45) is 5.10 Å². The van der Waals surface area contributed by atoms with Crippen molar-refractivity contribution in [1.82, 2.24) is 10.7 Å². The van der Waals surface area contributed by atoms with Crippen LogP contribution in [0.25, 0.3) is 0 Å². The Balaban J connectivity index is 2.65. The molecule has 0 radical (unpaired) electrons. The van der Waals surface area contributed by atoms with Crippen LogP contribution in [0.3, 0.4) is 0 Å². The molecule has 0 atom stereocenters. The molecule has 0 spiro atoms. The van der Waals surface area contributed by atoms with E-state index in [4.69, 9.17) is 12.2 Å². The van der Waals surface area contributed by atoms with E-state index >= 15 is 0 Å². The zero-order chi connectivity index (χ0) is 12.7. The summed E-state index contributed by atoms with van der Waals surface area (Å²) in [5.41, 5.74) is 4.99. The minimum atomic E-state index is 0.312. The van der Waals surface area contributed by atoms with E-state index in [0.29, 0.717) is 11.2 Å². The molecule has 1 aromatic rings. The number of hydrazone groups is 1. The van der Waals surface area contributed by atoms with Gasteiger partial charge in [0.15, 0.2) is 5.11 Å². The van der Waals surface area contributed by atoms with Crippen molar-refractivity contribution in [2.45, 2.75) is 33.2 Å². The lowest BCUT2D eigenvalue weighted by atomic mass is 10.1. The molecule has 3 nitrogen and oxygen atoms in total. The lowest BCUT2D eigenvalue weighted by Crippen LogP contribution is -2.37. The Morgan fingerprint density at radius 1 is 1.29 bits per heavy atom. The minimum absolute atomic E-state index is 0.312. The summed E-state index contributed by atoms with van der Waals surface area (Å²) in [5, 5.41) is 7.97.